The third-order valence-electron chi connectivity index (χ3n) is 2.22. The number of rotatable bonds is 1. The maximum atomic E-state index is 4.30. The van der Waals surface area contributed by atoms with Crippen molar-refractivity contribution in [1.82, 2.24) is 15.3 Å². The van der Waals surface area contributed by atoms with E-state index in [4.69, 9.17) is 0 Å². The third kappa shape index (κ3) is 1.61. The molecule has 3 nitrogen and oxygen atoms in total. The summed E-state index contributed by atoms with van der Waals surface area (Å²) in [5, 5.41) is 4.30. The molecule has 0 atom stereocenters. The molecule has 0 aliphatic carbocycles. The van der Waals surface area contributed by atoms with Gasteiger partial charge in [0.15, 0.2) is 0 Å². The number of hydrogen-bond acceptors (Lipinski definition) is 2. The molecule has 63 valence electrons. The minimum absolute atomic E-state index is 0.545. The van der Waals surface area contributed by atoms with Gasteiger partial charge in [-0.15, -0.1) is 0 Å². The van der Waals surface area contributed by atoms with E-state index in [1.165, 1.54) is 0 Å². The molecule has 1 fully saturated rings. The van der Waals surface area contributed by atoms with Gasteiger partial charge in [-0.3, -0.25) is 0 Å². The van der Waals surface area contributed by atoms with Crippen LogP contribution in [0.2, 0.25) is 0 Å². The summed E-state index contributed by atoms with van der Waals surface area (Å²) in [6.07, 6.45) is 5.86. The quantitative estimate of drug-likeness (QED) is 0.617. The molecule has 1 aliphatic rings. The smallest absolute Gasteiger partial charge is 0.131 e. The first kappa shape index (κ1) is 7.68. The second-order valence-corrected chi connectivity index (χ2v) is 3.05. The average molecular weight is 162 g/mol. The van der Waals surface area contributed by atoms with Crippen LogP contribution in [-0.4, -0.2) is 23.1 Å². The molecule has 0 aromatic carbocycles. The fourth-order valence-corrected chi connectivity index (χ4v) is 1.53. The molecule has 0 unspecified atom stereocenters. The van der Waals surface area contributed by atoms with E-state index in [0.29, 0.717) is 5.92 Å². The second kappa shape index (κ2) is 3.63. The van der Waals surface area contributed by atoms with Gasteiger partial charge < -0.3 is 0 Å². The Morgan fingerprint density at radius 2 is 1.75 bits per heavy atom. The van der Waals surface area contributed by atoms with Gasteiger partial charge in [-0.2, -0.15) is 0 Å². The molecule has 1 aromatic heterocycles. The molecule has 1 radical (unpaired) electrons. The summed E-state index contributed by atoms with van der Waals surface area (Å²) in [6.45, 7) is 1.95. The molecule has 0 N–H and O–H groups in total. The van der Waals surface area contributed by atoms with Gasteiger partial charge in [-0.05, 0) is 18.9 Å². The summed E-state index contributed by atoms with van der Waals surface area (Å²) in [5.41, 5.74) is 0. The lowest BCUT2D eigenvalue weighted by Gasteiger charge is -2.19. The highest BCUT2D eigenvalue weighted by atomic mass is 14.9. The van der Waals surface area contributed by atoms with E-state index in [9.17, 15) is 0 Å². The van der Waals surface area contributed by atoms with Gasteiger partial charge in [-0.1, -0.05) is 0 Å². The molecule has 1 aliphatic heterocycles. The van der Waals surface area contributed by atoms with Gasteiger partial charge in [-0.25, -0.2) is 15.3 Å². The Bertz CT molecular complexity index is 229. The van der Waals surface area contributed by atoms with Crippen molar-refractivity contribution in [3.05, 3.63) is 24.3 Å². The summed E-state index contributed by atoms with van der Waals surface area (Å²) >= 11 is 0. The molecule has 0 spiro atoms. The Hall–Kier alpha value is -0.960. The summed E-state index contributed by atoms with van der Waals surface area (Å²) in [5.74, 6) is 1.54. The molecule has 0 saturated carbocycles. The second-order valence-electron chi connectivity index (χ2n) is 3.05. The first-order valence-electron chi connectivity index (χ1n) is 4.37. The van der Waals surface area contributed by atoms with Crippen molar-refractivity contribution < 1.29 is 0 Å². The lowest BCUT2D eigenvalue weighted by Crippen LogP contribution is -2.22. The maximum Gasteiger partial charge on any atom is 0.131 e. The first-order chi connectivity index (χ1) is 5.97. The molecule has 0 amide bonds. The van der Waals surface area contributed by atoms with E-state index in [-0.39, 0.29) is 0 Å². The summed E-state index contributed by atoms with van der Waals surface area (Å²) in [4.78, 5) is 8.50. The zero-order valence-corrected chi connectivity index (χ0v) is 6.98. The zero-order valence-electron chi connectivity index (χ0n) is 6.98. The number of hydrogen-bond donors (Lipinski definition) is 0. The van der Waals surface area contributed by atoms with Crippen molar-refractivity contribution in [3.63, 3.8) is 0 Å². The van der Waals surface area contributed by atoms with Crippen LogP contribution in [0.25, 0.3) is 0 Å². The Kier molecular flexibility index (Phi) is 2.32. The molecular weight excluding hydrogens is 150 g/mol. The molecule has 3 heteroatoms. The summed E-state index contributed by atoms with van der Waals surface area (Å²) in [7, 11) is 0. The van der Waals surface area contributed by atoms with Gasteiger partial charge in [0.25, 0.3) is 0 Å². The Morgan fingerprint density at radius 3 is 2.42 bits per heavy atom. The molecule has 1 aromatic rings. The van der Waals surface area contributed by atoms with E-state index in [2.05, 4.69) is 15.3 Å². The number of nitrogens with zero attached hydrogens (tertiary/aromatic N) is 3. The van der Waals surface area contributed by atoms with Crippen LogP contribution in [0.4, 0.5) is 0 Å². The molecular formula is C9H12N3. The standard InChI is InChI=1S/C9H12N3/c1-4-11-9(12-5-1)8-2-6-10-7-3-8/h1,4-5,8H,2-3,6-7H2. The minimum atomic E-state index is 0.545. The van der Waals surface area contributed by atoms with E-state index in [1.807, 2.05) is 18.5 Å². The van der Waals surface area contributed by atoms with Gasteiger partial charge in [0.05, 0.1) is 0 Å². The fraction of sp³-hybridized carbons (Fsp3) is 0.556. The van der Waals surface area contributed by atoms with Crippen LogP contribution in [0.1, 0.15) is 24.6 Å². The maximum absolute atomic E-state index is 4.30. The van der Waals surface area contributed by atoms with E-state index < -0.39 is 0 Å². The van der Waals surface area contributed by atoms with Crippen molar-refractivity contribution in [3.8, 4) is 0 Å². The van der Waals surface area contributed by atoms with Crippen molar-refractivity contribution in [2.75, 3.05) is 13.1 Å². The normalized spacial score (nSPS) is 19.3. The van der Waals surface area contributed by atoms with Gasteiger partial charge in [0.1, 0.15) is 5.82 Å². The number of aromatic nitrogens is 2. The van der Waals surface area contributed by atoms with E-state index in [0.717, 1.165) is 31.8 Å². The monoisotopic (exact) mass is 162 g/mol. The van der Waals surface area contributed by atoms with Crippen molar-refractivity contribution in [2.24, 2.45) is 0 Å². The predicted molar refractivity (Wildman–Crippen MR) is 45.9 cm³/mol. The van der Waals surface area contributed by atoms with E-state index >= 15 is 0 Å². The third-order valence-corrected chi connectivity index (χ3v) is 2.22. The summed E-state index contributed by atoms with van der Waals surface area (Å²) in [6, 6.07) is 1.86. The highest BCUT2D eigenvalue weighted by Crippen LogP contribution is 2.21. The van der Waals surface area contributed by atoms with Crippen LogP contribution < -0.4 is 5.32 Å². The van der Waals surface area contributed by atoms with Gasteiger partial charge in [0.2, 0.25) is 0 Å². The Morgan fingerprint density at radius 1 is 1.08 bits per heavy atom. The van der Waals surface area contributed by atoms with Crippen LogP contribution in [0.15, 0.2) is 18.5 Å². The molecule has 0 bridgehead atoms. The predicted octanol–water partition coefficient (Wildman–Crippen LogP) is 0.958. The van der Waals surface area contributed by atoms with Gasteiger partial charge in [0, 0.05) is 31.4 Å². The fourth-order valence-electron chi connectivity index (χ4n) is 1.53. The van der Waals surface area contributed by atoms with Gasteiger partial charge >= 0.3 is 0 Å². The molecule has 2 heterocycles. The summed E-state index contributed by atoms with van der Waals surface area (Å²) < 4.78 is 0. The van der Waals surface area contributed by atoms with Crippen LogP contribution in [0, 0.1) is 0 Å². The van der Waals surface area contributed by atoms with Crippen molar-refractivity contribution >= 4 is 0 Å². The highest BCUT2D eigenvalue weighted by Gasteiger charge is 2.17. The lowest BCUT2D eigenvalue weighted by molar-refractivity contribution is 0.438. The van der Waals surface area contributed by atoms with Crippen molar-refractivity contribution in [1.29, 1.82) is 0 Å². The van der Waals surface area contributed by atoms with E-state index in [1.54, 1.807) is 0 Å². The SMILES string of the molecule is c1cnc(C2CC[N]CC2)nc1. The van der Waals surface area contributed by atoms with Crippen LogP contribution in [0.3, 0.4) is 0 Å². The Balaban J connectivity index is 2.08. The largest absolute Gasteiger partial charge is 0.242 e. The van der Waals surface area contributed by atoms with Crippen LogP contribution in [0.5, 0.6) is 0 Å². The number of piperidine rings is 1. The minimum Gasteiger partial charge on any atom is -0.242 e. The average Bonchev–Trinajstić information content (AvgIpc) is 2.21. The molecule has 1 saturated heterocycles. The first-order valence-corrected chi connectivity index (χ1v) is 4.37. The van der Waals surface area contributed by atoms with Crippen LogP contribution >= 0.6 is 0 Å². The topological polar surface area (TPSA) is 39.9 Å². The zero-order chi connectivity index (χ0) is 8.23. The highest BCUT2D eigenvalue weighted by molar-refractivity contribution is 4.98. The Labute approximate surface area is 72.2 Å². The molecule has 12 heavy (non-hydrogen) atoms. The van der Waals surface area contributed by atoms with Crippen LogP contribution in [-0.2, 0) is 0 Å². The van der Waals surface area contributed by atoms with Crippen molar-refractivity contribution in [2.45, 2.75) is 18.8 Å². The lowest BCUT2D eigenvalue weighted by atomic mass is 9.97. The molecule has 2 rings (SSSR count).